The van der Waals surface area contributed by atoms with Crippen molar-refractivity contribution >= 4 is 27.3 Å². The predicted octanol–water partition coefficient (Wildman–Crippen LogP) is 2.82. The normalized spacial score (nSPS) is 17.0. The summed E-state index contributed by atoms with van der Waals surface area (Å²) in [6, 6.07) is 6.69. The van der Waals surface area contributed by atoms with Crippen molar-refractivity contribution < 1.29 is 9.18 Å². The van der Waals surface area contributed by atoms with E-state index in [2.05, 4.69) is 15.4 Å². The molecule has 5 nitrogen and oxygen atoms in total. The third-order valence-electron chi connectivity index (χ3n) is 4.30. The van der Waals surface area contributed by atoms with Gasteiger partial charge in [-0.1, -0.05) is 0 Å². The van der Waals surface area contributed by atoms with E-state index in [9.17, 15) is 9.18 Å². The predicted molar refractivity (Wildman–Crippen MR) is 90.2 cm³/mol. The number of halogens is 1. The minimum absolute atomic E-state index is 0.0393. The van der Waals surface area contributed by atoms with Crippen molar-refractivity contribution in [2.45, 2.75) is 32.9 Å². The van der Waals surface area contributed by atoms with Gasteiger partial charge < -0.3 is 5.32 Å². The standard InChI is InChI=1S/C17H17FN4OS/c1-10-20-16-5-2-11(9-22(16)21-10)17(23)19-8-14-7-12-6-13(18)3-4-15(12)24-14/h3-4,6-7,11H,2,5,8-9H2,1H3,(H,19,23). The smallest absolute Gasteiger partial charge is 0.225 e. The highest BCUT2D eigenvalue weighted by Crippen LogP contribution is 2.26. The van der Waals surface area contributed by atoms with Crippen LogP contribution in [0.3, 0.4) is 0 Å². The van der Waals surface area contributed by atoms with Crippen LogP contribution in [0.15, 0.2) is 24.3 Å². The number of amides is 1. The van der Waals surface area contributed by atoms with Crippen molar-refractivity contribution in [1.82, 2.24) is 20.1 Å². The molecule has 2 aromatic heterocycles. The molecular formula is C17H17FN4OS. The molecule has 0 bridgehead atoms. The van der Waals surface area contributed by atoms with Crippen LogP contribution in [-0.4, -0.2) is 20.7 Å². The molecule has 1 amide bonds. The van der Waals surface area contributed by atoms with Crippen LogP contribution in [-0.2, 0) is 24.3 Å². The Hall–Kier alpha value is -2.28. The van der Waals surface area contributed by atoms with Gasteiger partial charge in [0.1, 0.15) is 17.5 Å². The summed E-state index contributed by atoms with van der Waals surface area (Å²) in [5.74, 6) is 1.44. The summed E-state index contributed by atoms with van der Waals surface area (Å²) < 4.78 is 16.1. The van der Waals surface area contributed by atoms with Gasteiger partial charge in [0.2, 0.25) is 5.91 Å². The highest BCUT2D eigenvalue weighted by molar-refractivity contribution is 7.19. The first kappa shape index (κ1) is 15.3. The van der Waals surface area contributed by atoms with Gasteiger partial charge in [-0.2, -0.15) is 5.10 Å². The number of aryl methyl sites for hydroxylation is 2. The molecular weight excluding hydrogens is 327 g/mol. The SMILES string of the molecule is Cc1nc2n(n1)CC(C(=O)NCc1cc3cc(F)ccc3s1)CC2. The van der Waals surface area contributed by atoms with Crippen molar-refractivity contribution in [3.8, 4) is 0 Å². The molecule has 124 valence electrons. The molecule has 24 heavy (non-hydrogen) atoms. The van der Waals surface area contributed by atoms with E-state index in [0.29, 0.717) is 13.1 Å². The minimum atomic E-state index is -0.239. The monoisotopic (exact) mass is 344 g/mol. The molecule has 0 fully saturated rings. The number of hydrogen-bond donors (Lipinski definition) is 1. The molecule has 0 saturated heterocycles. The van der Waals surface area contributed by atoms with E-state index < -0.39 is 0 Å². The van der Waals surface area contributed by atoms with Crippen LogP contribution in [0.4, 0.5) is 4.39 Å². The third-order valence-corrected chi connectivity index (χ3v) is 5.42. The Kier molecular flexibility index (Phi) is 3.80. The number of carbonyl (C=O) groups excluding carboxylic acids is 1. The largest absolute Gasteiger partial charge is 0.351 e. The third kappa shape index (κ3) is 2.91. The lowest BCUT2D eigenvalue weighted by atomic mass is 9.99. The van der Waals surface area contributed by atoms with Crippen LogP contribution in [0.1, 0.15) is 22.9 Å². The molecule has 1 atom stereocenters. The Morgan fingerprint density at radius 3 is 3.21 bits per heavy atom. The average Bonchev–Trinajstić information content (AvgIpc) is 3.12. The Morgan fingerprint density at radius 2 is 2.33 bits per heavy atom. The lowest BCUT2D eigenvalue weighted by Crippen LogP contribution is -2.35. The van der Waals surface area contributed by atoms with E-state index in [1.165, 1.54) is 12.1 Å². The topological polar surface area (TPSA) is 59.8 Å². The van der Waals surface area contributed by atoms with Crippen molar-refractivity contribution in [2.75, 3.05) is 0 Å². The number of rotatable bonds is 3. The average molecular weight is 344 g/mol. The second kappa shape index (κ2) is 5.98. The summed E-state index contributed by atoms with van der Waals surface area (Å²) in [5.41, 5.74) is 0. The number of thiophene rings is 1. The van der Waals surface area contributed by atoms with E-state index in [0.717, 1.165) is 39.5 Å². The van der Waals surface area contributed by atoms with Gasteiger partial charge in [0.15, 0.2) is 0 Å². The summed E-state index contributed by atoms with van der Waals surface area (Å²) >= 11 is 1.58. The molecule has 0 aliphatic carbocycles. The Balaban J connectivity index is 1.41. The second-order valence-corrected chi connectivity index (χ2v) is 7.27. The summed E-state index contributed by atoms with van der Waals surface area (Å²) in [6.07, 6.45) is 1.57. The second-order valence-electron chi connectivity index (χ2n) is 6.11. The molecule has 0 saturated carbocycles. The van der Waals surface area contributed by atoms with Crippen molar-refractivity contribution in [1.29, 1.82) is 0 Å². The van der Waals surface area contributed by atoms with Gasteiger partial charge in [-0.25, -0.2) is 14.1 Å². The lowest BCUT2D eigenvalue weighted by Gasteiger charge is -2.21. The highest BCUT2D eigenvalue weighted by atomic mass is 32.1. The Morgan fingerprint density at radius 1 is 1.46 bits per heavy atom. The van der Waals surface area contributed by atoms with E-state index in [-0.39, 0.29) is 17.6 Å². The van der Waals surface area contributed by atoms with Crippen molar-refractivity contribution in [3.63, 3.8) is 0 Å². The molecule has 3 aromatic rings. The number of nitrogens with one attached hydrogen (secondary N) is 1. The lowest BCUT2D eigenvalue weighted by molar-refractivity contribution is -0.126. The van der Waals surface area contributed by atoms with Gasteiger partial charge in [0, 0.05) is 16.0 Å². The van der Waals surface area contributed by atoms with E-state index in [1.54, 1.807) is 17.4 Å². The molecule has 1 N–H and O–H groups in total. The first-order valence-corrected chi connectivity index (χ1v) is 8.76. The van der Waals surface area contributed by atoms with Crippen LogP contribution in [0, 0.1) is 18.7 Å². The fourth-order valence-electron chi connectivity index (χ4n) is 3.12. The minimum Gasteiger partial charge on any atom is -0.351 e. The van der Waals surface area contributed by atoms with Crippen LogP contribution >= 0.6 is 11.3 Å². The molecule has 0 radical (unpaired) electrons. The summed E-state index contributed by atoms with van der Waals surface area (Å²) in [6.45, 7) is 2.92. The van der Waals surface area contributed by atoms with Gasteiger partial charge in [-0.3, -0.25) is 4.79 Å². The molecule has 0 spiro atoms. The van der Waals surface area contributed by atoms with Crippen LogP contribution in [0.5, 0.6) is 0 Å². The van der Waals surface area contributed by atoms with E-state index in [1.807, 2.05) is 17.7 Å². The molecule has 1 aliphatic heterocycles. The fourth-order valence-corrected chi connectivity index (χ4v) is 4.11. The number of aromatic nitrogens is 3. The Labute approximate surface area is 142 Å². The highest BCUT2D eigenvalue weighted by Gasteiger charge is 2.26. The molecule has 3 heterocycles. The maximum absolute atomic E-state index is 13.2. The molecule has 7 heteroatoms. The van der Waals surface area contributed by atoms with Crippen LogP contribution in [0.25, 0.3) is 10.1 Å². The maximum Gasteiger partial charge on any atom is 0.225 e. The van der Waals surface area contributed by atoms with Gasteiger partial charge in [-0.05, 0) is 43.0 Å². The molecule has 4 rings (SSSR count). The van der Waals surface area contributed by atoms with E-state index in [4.69, 9.17) is 0 Å². The number of benzene rings is 1. The zero-order valence-corrected chi connectivity index (χ0v) is 14.1. The van der Waals surface area contributed by atoms with Crippen molar-refractivity contribution in [2.24, 2.45) is 5.92 Å². The molecule has 1 unspecified atom stereocenters. The van der Waals surface area contributed by atoms with Gasteiger partial charge in [0.25, 0.3) is 0 Å². The van der Waals surface area contributed by atoms with Crippen LogP contribution < -0.4 is 5.32 Å². The number of fused-ring (bicyclic) bond motifs is 2. The first-order chi connectivity index (χ1) is 11.6. The number of carbonyl (C=O) groups is 1. The summed E-state index contributed by atoms with van der Waals surface area (Å²) in [7, 11) is 0. The molecule has 1 aromatic carbocycles. The summed E-state index contributed by atoms with van der Waals surface area (Å²) in [5, 5.41) is 8.21. The van der Waals surface area contributed by atoms with Gasteiger partial charge >= 0.3 is 0 Å². The van der Waals surface area contributed by atoms with Gasteiger partial charge in [-0.15, -0.1) is 11.3 Å². The van der Waals surface area contributed by atoms with E-state index >= 15 is 0 Å². The fraction of sp³-hybridized carbons (Fsp3) is 0.353. The van der Waals surface area contributed by atoms with Gasteiger partial charge in [0.05, 0.1) is 19.0 Å². The first-order valence-electron chi connectivity index (χ1n) is 7.94. The molecule has 1 aliphatic rings. The Bertz CT molecular complexity index is 917. The number of hydrogen-bond acceptors (Lipinski definition) is 4. The maximum atomic E-state index is 13.2. The zero-order valence-electron chi connectivity index (χ0n) is 13.3. The zero-order chi connectivity index (χ0) is 16.7. The van der Waals surface area contributed by atoms with Crippen LogP contribution in [0.2, 0.25) is 0 Å². The number of nitrogens with zero attached hydrogens (tertiary/aromatic N) is 3. The summed E-state index contributed by atoms with van der Waals surface area (Å²) in [4.78, 5) is 17.8. The van der Waals surface area contributed by atoms with Crippen molar-refractivity contribution in [3.05, 3.63) is 46.6 Å². The quantitative estimate of drug-likeness (QED) is 0.795.